The van der Waals surface area contributed by atoms with Gasteiger partial charge in [0.2, 0.25) is 0 Å². The lowest BCUT2D eigenvalue weighted by atomic mass is 9.56. The molecule has 1 saturated carbocycles. The molecule has 1 unspecified atom stereocenters. The second-order valence-corrected chi connectivity index (χ2v) is 4.97. The molecule has 1 atom stereocenters. The molecule has 82 valence electrons. The molecule has 14 heavy (non-hydrogen) atoms. The van der Waals surface area contributed by atoms with Crippen molar-refractivity contribution in [2.75, 3.05) is 19.6 Å². The van der Waals surface area contributed by atoms with E-state index in [0.29, 0.717) is 6.54 Å². The van der Waals surface area contributed by atoms with E-state index in [1.54, 1.807) is 0 Å². The SMILES string of the molecule is NCC1(C2(O)CCCNCC2)CCC1. The van der Waals surface area contributed by atoms with Crippen LogP contribution in [0.1, 0.15) is 38.5 Å². The molecule has 1 heterocycles. The van der Waals surface area contributed by atoms with Crippen LogP contribution in [0.2, 0.25) is 0 Å². The largest absolute Gasteiger partial charge is 0.389 e. The van der Waals surface area contributed by atoms with Crippen molar-refractivity contribution < 1.29 is 5.11 Å². The van der Waals surface area contributed by atoms with Crippen molar-refractivity contribution in [3.63, 3.8) is 0 Å². The number of aliphatic hydroxyl groups is 1. The van der Waals surface area contributed by atoms with Crippen LogP contribution in [-0.4, -0.2) is 30.3 Å². The predicted octanol–water partition coefficient (Wildman–Crippen LogP) is 0.620. The van der Waals surface area contributed by atoms with E-state index in [0.717, 1.165) is 45.2 Å². The first-order valence-electron chi connectivity index (χ1n) is 5.86. The molecule has 2 fully saturated rings. The van der Waals surface area contributed by atoms with E-state index < -0.39 is 5.60 Å². The summed E-state index contributed by atoms with van der Waals surface area (Å²) in [7, 11) is 0. The van der Waals surface area contributed by atoms with Gasteiger partial charge in [-0.3, -0.25) is 0 Å². The molecule has 3 heteroatoms. The van der Waals surface area contributed by atoms with E-state index >= 15 is 0 Å². The molecule has 0 aromatic carbocycles. The monoisotopic (exact) mass is 198 g/mol. The Hall–Kier alpha value is -0.120. The fourth-order valence-electron chi connectivity index (χ4n) is 3.04. The van der Waals surface area contributed by atoms with Gasteiger partial charge in [-0.2, -0.15) is 0 Å². The first-order valence-corrected chi connectivity index (χ1v) is 5.86. The zero-order valence-corrected chi connectivity index (χ0v) is 8.89. The van der Waals surface area contributed by atoms with Crippen molar-refractivity contribution >= 4 is 0 Å². The van der Waals surface area contributed by atoms with Gasteiger partial charge in [-0.15, -0.1) is 0 Å². The molecule has 0 amide bonds. The molecule has 0 spiro atoms. The van der Waals surface area contributed by atoms with Gasteiger partial charge >= 0.3 is 0 Å². The van der Waals surface area contributed by atoms with Gasteiger partial charge in [-0.1, -0.05) is 6.42 Å². The quantitative estimate of drug-likeness (QED) is 0.609. The van der Waals surface area contributed by atoms with E-state index in [-0.39, 0.29) is 5.41 Å². The molecule has 2 aliphatic rings. The third-order valence-electron chi connectivity index (χ3n) is 4.35. The van der Waals surface area contributed by atoms with Crippen LogP contribution in [0.4, 0.5) is 0 Å². The Labute approximate surface area is 86.1 Å². The molecule has 0 radical (unpaired) electrons. The van der Waals surface area contributed by atoms with Crippen LogP contribution in [0.25, 0.3) is 0 Å². The molecule has 0 bridgehead atoms. The second-order valence-electron chi connectivity index (χ2n) is 4.97. The lowest BCUT2D eigenvalue weighted by Crippen LogP contribution is -2.56. The molecular formula is C11H22N2O. The highest BCUT2D eigenvalue weighted by Gasteiger charge is 2.52. The van der Waals surface area contributed by atoms with Crippen LogP contribution in [0.3, 0.4) is 0 Å². The molecule has 3 nitrogen and oxygen atoms in total. The molecular weight excluding hydrogens is 176 g/mol. The van der Waals surface area contributed by atoms with Gasteiger partial charge in [-0.05, 0) is 45.2 Å². The van der Waals surface area contributed by atoms with Crippen LogP contribution in [0.15, 0.2) is 0 Å². The Morgan fingerprint density at radius 1 is 1.07 bits per heavy atom. The van der Waals surface area contributed by atoms with Crippen molar-refractivity contribution in [1.82, 2.24) is 5.32 Å². The molecule has 2 rings (SSSR count). The maximum atomic E-state index is 10.7. The van der Waals surface area contributed by atoms with Gasteiger partial charge in [0.1, 0.15) is 0 Å². The third-order valence-corrected chi connectivity index (χ3v) is 4.35. The molecule has 1 saturated heterocycles. The lowest BCUT2D eigenvalue weighted by Gasteiger charge is -2.53. The van der Waals surface area contributed by atoms with Crippen molar-refractivity contribution in [1.29, 1.82) is 0 Å². The minimum absolute atomic E-state index is 0.0546. The first-order chi connectivity index (χ1) is 6.72. The lowest BCUT2D eigenvalue weighted by molar-refractivity contribution is -0.129. The van der Waals surface area contributed by atoms with Crippen LogP contribution in [0.5, 0.6) is 0 Å². The standard InChI is InChI=1S/C11H22N2O/c12-9-10(3-1-4-10)11(14)5-2-7-13-8-6-11/h13-14H,1-9,12H2. The fraction of sp³-hybridized carbons (Fsp3) is 1.00. The Morgan fingerprint density at radius 3 is 2.43 bits per heavy atom. The number of rotatable bonds is 2. The average Bonchev–Trinajstić information content (AvgIpc) is 2.30. The molecule has 0 aromatic heterocycles. The van der Waals surface area contributed by atoms with Crippen LogP contribution in [0, 0.1) is 5.41 Å². The number of hydrogen-bond donors (Lipinski definition) is 3. The normalized spacial score (nSPS) is 37.3. The highest BCUT2D eigenvalue weighted by molar-refractivity contribution is 5.05. The van der Waals surface area contributed by atoms with Crippen molar-refractivity contribution in [2.24, 2.45) is 11.1 Å². The summed E-state index contributed by atoms with van der Waals surface area (Å²) >= 11 is 0. The van der Waals surface area contributed by atoms with E-state index in [4.69, 9.17) is 5.73 Å². The Morgan fingerprint density at radius 2 is 1.86 bits per heavy atom. The summed E-state index contributed by atoms with van der Waals surface area (Å²) in [5, 5.41) is 14.0. The highest BCUT2D eigenvalue weighted by atomic mass is 16.3. The topological polar surface area (TPSA) is 58.3 Å². The highest BCUT2D eigenvalue weighted by Crippen LogP contribution is 2.51. The summed E-state index contributed by atoms with van der Waals surface area (Å²) in [5.74, 6) is 0. The minimum atomic E-state index is -0.483. The third kappa shape index (κ3) is 1.47. The van der Waals surface area contributed by atoms with Gasteiger partial charge in [0.05, 0.1) is 5.60 Å². The Kier molecular flexibility index (Phi) is 2.82. The van der Waals surface area contributed by atoms with Crippen molar-refractivity contribution in [3.05, 3.63) is 0 Å². The molecule has 0 aromatic rings. The van der Waals surface area contributed by atoms with Gasteiger partial charge in [0, 0.05) is 12.0 Å². The summed E-state index contributed by atoms with van der Waals surface area (Å²) in [4.78, 5) is 0. The zero-order valence-electron chi connectivity index (χ0n) is 8.89. The van der Waals surface area contributed by atoms with Gasteiger partial charge < -0.3 is 16.2 Å². The van der Waals surface area contributed by atoms with Crippen LogP contribution < -0.4 is 11.1 Å². The average molecular weight is 198 g/mol. The van der Waals surface area contributed by atoms with E-state index in [9.17, 15) is 5.11 Å². The first kappa shape index (κ1) is 10.4. The number of nitrogens with one attached hydrogen (secondary N) is 1. The van der Waals surface area contributed by atoms with E-state index in [2.05, 4.69) is 5.32 Å². The second kappa shape index (κ2) is 3.80. The molecule has 1 aliphatic carbocycles. The zero-order chi connectivity index (χ0) is 10.1. The number of hydrogen-bond acceptors (Lipinski definition) is 3. The van der Waals surface area contributed by atoms with Crippen molar-refractivity contribution in [3.8, 4) is 0 Å². The maximum Gasteiger partial charge on any atom is 0.0728 e. The van der Waals surface area contributed by atoms with Gasteiger partial charge in [0.25, 0.3) is 0 Å². The summed E-state index contributed by atoms with van der Waals surface area (Å²) in [6.07, 6.45) is 6.38. The smallest absolute Gasteiger partial charge is 0.0728 e. The van der Waals surface area contributed by atoms with Gasteiger partial charge in [0.15, 0.2) is 0 Å². The summed E-state index contributed by atoms with van der Waals surface area (Å²) in [5.41, 5.74) is 5.43. The summed E-state index contributed by atoms with van der Waals surface area (Å²) in [6, 6.07) is 0. The molecule has 4 N–H and O–H groups in total. The Bertz CT molecular complexity index is 188. The maximum absolute atomic E-state index is 10.7. The summed E-state index contributed by atoms with van der Waals surface area (Å²) < 4.78 is 0. The predicted molar refractivity (Wildman–Crippen MR) is 57.0 cm³/mol. The minimum Gasteiger partial charge on any atom is -0.389 e. The fourth-order valence-corrected chi connectivity index (χ4v) is 3.04. The molecule has 1 aliphatic heterocycles. The van der Waals surface area contributed by atoms with Gasteiger partial charge in [-0.25, -0.2) is 0 Å². The number of nitrogens with two attached hydrogens (primary N) is 1. The Balaban J connectivity index is 2.11. The van der Waals surface area contributed by atoms with Crippen LogP contribution in [-0.2, 0) is 0 Å². The summed E-state index contributed by atoms with van der Waals surface area (Å²) in [6.45, 7) is 2.64. The van der Waals surface area contributed by atoms with E-state index in [1.165, 1.54) is 6.42 Å². The van der Waals surface area contributed by atoms with E-state index in [1.807, 2.05) is 0 Å². The van der Waals surface area contributed by atoms with Crippen LogP contribution >= 0.6 is 0 Å². The van der Waals surface area contributed by atoms with Crippen molar-refractivity contribution in [2.45, 2.75) is 44.1 Å².